The zero-order chi connectivity index (χ0) is 14.5. The van der Waals surface area contributed by atoms with Crippen molar-refractivity contribution in [2.75, 3.05) is 18.0 Å². The molecule has 0 radical (unpaired) electrons. The lowest BCUT2D eigenvalue weighted by atomic mass is 9.99. The van der Waals surface area contributed by atoms with E-state index >= 15 is 0 Å². The fourth-order valence-corrected chi connectivity index (χ4v) is 3.99. The van der Waals surface area contributed by atoms with E-state index < -0.39 is 10.0 Å². The quantitative estimate of drug-likeness (QED) is 0.887. The van der Waals surface area contributed by atoms with Crippen LogP contribution < -0.4 is 10.0 Å². The highest BCUT2D eigenvalue weighted by Gasteiger charge is 2.39. The van der Waals surface area contributed by atoms with Crippen LogP contribution in [0.3, 0.4) is 0 Å². The first-order valence-electron chi connectivity index (χ1n) is 5.92. The molecule has 1 aromatic rings. The predicted octanol–water partition coefficient (Wildman–Crippen LogP) is 1.18. The van der Waals surface area contributed by atoms with E-state index in [9.17, 15) is 8.42 Å². The van der Waals surface area contributed by atoms with Crippen LogP contribution in [-0.2, 0) is 14.8 Å². The fraction of sp³-hybridized carbons (Fsp3) is 0.727. The molecule has 0 aromatic carbocycles. The molecule has 2 N–H and O–H groups in total. The maximum atomic E-state index is 11.3. The SMILES string of the molecule is CC1(C)CN(c2ncc(S(N)(=O)=O)s2)CC(C)(C)O1. The Morgan fingerprint density at radius 3 is 2.26 bits per heavy atom. The molecule has 1 aliphatic rings. The van der Waals surface area contributed by atoms with Crippen molar-refractivity contribution in [3.8, 4) is 0 Å². The highest BCUT2D eigenvalue weighted by molar-refractivity contribution is 7.91. The minimum absolute atomic E-state index is 0.0876. The first-order valence-corrected chi connectivity index (χ1v) is 8.29. The van der Waals surface area contributed by atoms with Gasteiger partial charge in [0.1, 0.15) is 0 Å². The summed E-state index contributed by atoms with van der Waals surface area (Å²) in [6.45, 7) is 9.36. The normalized spacial score (nSPS) is 22.5. The first-order chi connectivity index (χ1) is 8.49. The fourth-order valence-electron chi connectivity index (χ4n) is 2.45. The van der Waals surface area contributed by atoms with Gasteiger partial charge in [-0.15, -0.1) is 0 Å². The Kier molecular flexibility index (Phi) is 3.41. The highest BCUT2D eigenvalue weighted by Crippen LogP contribution is 2.34. The van der Waals surface area contributed by atoms with Gasteiger partial charge in [0.25, 0.3) is 0 Å². The van der Waals surface area contributed by atoms with E-state index in [2.05, 4.69) is 4.98 Å². The zero-order valence-corrected chi connectivity index (χ0v) is 13.1. The van der Waals surface area contributed by atoms with Crippen molar-refractivity contribution in [2.24, 2.45) is 5.14 Å². The largest absolute Gasteiger partial charge is 0.366 e. The molecule has 0 atom stereocenters. The van der Waals surface area contributed by atoms with Gasteiger partial charge in [0, 0.05) is 13.1 Å². The van der Waals surface area contributed by atoms with E-state index in [-0.39, 0.29) is 15.4 Å². The maximum absolute atomic E-state index is 11.3. The van der Waals surface area contributed by atoms with E-state index in [1.807, 2.05) is 32.6 Å². The molecule has 1 aliphatic heterocycles. The van der Waals surface area contributed by atoms with Gasteiger partial charge in [0.15, 0.2) is 9.34 Å². The van der Waals surface area contributed by atoms with Gasteiger partial charge in [-0.1, -0.05) is 11.3 Å². The standard InChI is InChI=1S/C11H19N3O3S2/c1-10(2)6-14(7-11(3,4)17-10)9-13-5-8(18-9)19(12,15)16/h5H,6-7H2,1-4H3,(H2,12,15,16). The van der Waals surface area contributed by atoms with E-state index in [1.165, 1.54) is 6.20 Å². The minimum Gasteiger partial charge on any atom is -0.366 e. The average Bonchev–Trinajstić information content (AvgIpc) is 2.59. The van der Waals surface area contributed by atoms with Gasteiger partial charge in [-0.25, -0.2) is 18.5 Å². The molecule has 6 nitrogen and oxygen atoms in total. The Bertz CT molecular complexity index is 562. The van der Waals surface area contributed by atoms with E-state index in [0.29, 0.717) is 18.2 Å². The van der Waals surface area contributed by atoms with E-state index in [1.54, 1.807) is 0 Å². The van der Waals surface area contributed by atoms with Gasteiger partial charge in [-0.3, -0.25) is 0 Å². The third-order valence-electron chi connectivity index (χ3n) is 2.72. The Morgan fingerprint density at radius 2 is 1.84 bits per heavy atom. The second kappa shape index (κ2) is 4.41. The number of anilines is 1. The predicted molar refractivity (Wildman–Crippen MR) is 74.9 cm³/mol. The number of nitrogens with two attached hydrogens (primary N) is 1. The third kappa shape index (κ3) is 3.44. The average molecular weight is 305 g/mol. The topological polar surface area (TPSA) is 85.5 Å². The van der Waals surface area contributed by atoms with Crippen LogP contribution in [0.15, 0.2) is 10.4 Å². The number of ether oxygens (including phenoxy) is 1. The highest BCUT2D eigenvalue weighted by atomic mass is 32.2. The molecule has 0 saturated carbocycles. The van der Waals surface area contributed by atoms with Crippen molar-refractivity contribution in [3.05, 3.63) is 6.20 Å². The number of morpholine rings is 1. The Labute approximate surface area is 117 Å². The molecule has 19 heavy (non-hydrogen) atoms. The number of rotatable bonds is 2. The summed E-state index contributed by atoms with van der Waals surface area (Å²) < 4.78 is 28.6. The van der Waals surface area contributed by atoms with E-state index in [4.69, 9.17) is 9.88 Å². The number of hydrogen-bond acceptors (Lipinski definition) is 6. The van der Waals surface area contributed by atoms with Crippen molar-refractivity contribution in [3.63, 3.8) is 0 Å². The second-order valence-corrected chi connectivity index (χ2v) is 8.78. The van der Waals surface area contributed by atoms with E-state index in [0.717, 1.165) is 11.3 Å². The lowest BCUT2D eigenvalue weighted by Crippen LogP contribution is -2.57. The smallest absolute Gasteiger partial charge is 0.249 e. The summed E-state index contributed by atoms with van der Waals surface area (Å²) in [7, 11) is -3.68. The van der Waals surface area contributed by atoms with Crippen molar-refractivity contribution in [1.29, 1.82) is 0 Å². The molecular formula is C11H19N3O3S2. The van der Waals surface area contributed by atoms with Crippen molar-refractivity contribution < 1.29 is 13.2 Å². The molecule has 1 saturated heterocycles. The molecule has 1 fully saturated rings. The maximum Gasteiger partial charge on any atom is 0.249 e. The summed E-state index contributed by atoms with van der Waals surface area (Å²) in [5, 5.41) is 5.77. The van der Waals surface area contributed by atoms with Gasteiger partial charge in [-0.05, 0) is 27.7 Å². The summed E-state index contributed by atoms with van der Waals surface area (Å²) in [5.74, 6) is 0. The number of primary sulfonamides is 1. The van der Waals surface area contributed by atoms with Crippen LogP contribution in [0.5, 0.6) is 0 Å². The molecule has 8 heteroatoms. The molecule has 0 amide bonds. The van der Waals surface area contributed by atoms with Crippen LogP contribution in [0.2, 0.25) is 0 Å². The number of hydrogen-bond donors (Lipinski definition) is 1. The first kappa shape index (κ1) is 14.7. The van der Waals surface area contributed by atoms with Crippen molar-refractivity contribution >= 4 is 26.5 Å². The molecule has 0 spiro atoms. The monoisotopic (exact) mass is 305 g/mol. The molecule has 0 unspecified atom stereocenters. The van der Waals surface area contributed by atoms with Gasteiger partial charge >= 0.3 is 0 Å². The number of thiazole rings is 1. The van der Waals surface area contributed by atoms with Crippen LogP contribution in [-0.4, -0.2) is 37.7 Å². The second-order valence-electron chi connectivity index (χ2n) is 5.98. The Hall–Kier alpha value is -0.700. The lowest BCUT2D eigenvalue weighted by molar-refractivity contribution is -0.133. The van der Waals surface area contributed by atoms with Gasteiger partial charge in [-0.2, -0.15) is 0 Å². The number of nitrogens with zero attached hydrogens (tertiary/aromatic N) is 2. The summed E-state index contributed by atoms with van der Waals surface area (Å²) in [5.41, 5.74) is -0.621. The van der Waals surface area contributed by atoms with Crippen LogP contribution in [0.25, 0.3) is 0 Å². The van der Waals surface area contributed by atoms with Crippen LogP contribution in [0.1, 0.15) is 27.7 Å². The Balaban J connectivity index is 2.29. The molecule has 1 aromatic heterocycles. The van der Waals surface area contributed by atoms with Crippen molar-refractivity contribution in [1.82, 2.24) is 4.98 Å². The van der Waals surface area contributed by atoms with Crippen LogP contribution in [0.4, 0.5) is 5.13 Å². The van der Waals surface area contributed by atoms with Gasteiger partial charge < -0.3 is 9.64 Å². The summed E-state index contributed by atoms with van der Waals surface area (Å²) in [6, 6.07) is 0. The number of sulfonamides is 1. The van der Waals surface area contributed by atoms with Crippen LogP contribution >= 0.6 is 11.3 Å². The lowest BCUT2D eigenvalue weighted by Gasteiger charge is -2.47. The zero-order valence-electron chi connectivity index (χ0n) is 11.5. The van der Waals surface area contributed by atoms with Gasteiger partial charge in [0.2, 0.25) is 10.0 Å². The summed E-state index contributed by atoms with van der Waals surface area (Å²) in [4.78, 5) is 6.21. The molecule has 0 aliphatic carbocycles. The molecule has 0 bridgehead atoms. The molecule has 2 rings (SSSR count). The molecular weight excluding hydrogens is 286 g/mol. The third-order valence-corrected chi connectivity index (χ3v) is 5.19. The van der Waals surface area contributed by atoms with Gasteiger partial charge in [0.05, 0.1) is 17.4 Å². The molecule has 2 heterocycles. The van der Waals surface area contributed by atoms with Crippen LogP contribution in [0, 0.1) is 0 Å². The summed E-state index contributed by atoms with van der Waals surface area (Å²) >= 11 is 1.09. The van der Waals surface area contributed by atoms with Crippen molar-refractivity contribution in [2.45, 2.75) is 43.1 Å². The number of aromatic nitrogens is 1. The molecule has 108 valence electrons. The summed E-state index contributed by atoms with van der Waals surface area (Å²) in [6.07, 6.45) is 1.31. The minimum atomic E-state index is -3.68. The Morgan fingerprint density at radius 1 is 1.32 bits per heavy atom.